The fraction of sp³-hybridized carbons (Fsp3) is 0.364. The molecule has 1 heterocycles. The molecule has 0 spiro atoms. The molecule has 0 radical (unpaired) electrons. The first-order valence-electron chi connectivity index (χ1n) is 5.51. The topological polar surface area (TPSA) is 74.7 Å². The van der Waals surface area contributed by atoms with Gasteiger partial charge in [-0.25, -0.2) is 12.8 Å². The Morgan fingerprint density at radius 2 is 2.11 bits per heavy atom. The number of rotatable bonds is 3. The van der Waals surface area contributed by atoms with Crippen LogP contribution in [0.25, 0.3) is 0 Å². The summed E-state index contributed by atoms with van der Waals surface area (Å²) in [6.45, 7) is 0.0678. The lowest BCUT2D eigenvalue weighted by atomic mass is 10.3. The lowest BCUT2D eigenvalue weighted by Gasteiger charge is -2.31. The van der Waals surface area contributed by atoms with E-state index >= 15 is 0 Å². The zero-order valence-electron chi connectivity index (χ0n) is 9.82. The van der Waals surface area contributed by atoms with Crippen LogP contribution < -0.4 is 0 Å². The van der Waals surface area contributed by atoms with Gasteiger partial charge in [-0.3, -0.25) is 4.79 Å². The van der Waals surface area contributed by atoms with Gasteiger partial charge in [0.25, 0.3) is 0 Å². The summed E-state index contributed by atoms with van der Waals surface area (Å²) in [6, 6.07) is 3.83. The molecule has 1 aliphatic rings. The molecule has 0 saturated carbocycles. The van der Waals surface area contributed by atoms with Gasteiger partial charge < -0.3 is 5.11 Å². The summed E-state index contributed by atoms with van der Waals surface area (Å²) >= 11 is 1.37. The molecule has 0 aliphatic carbocycles. The monoisotopic (exact) mass is 305 g/mol. The zero-order valence-corrected chi connectivity index (χ0v) is 11.5. The highest BCUT2D eigenvalue weighted by molar-refractivity contribution is 7.99. The lowest BCUT2D eigenvalue weighted by Crippen LogP contribution is -2.50. The molecule has 0 bridgehead atoms. The van der Waals surface area contributed by atoms with Gasteiger partial charge in [0, 0.05) is 18.1 Å². The molecule has 1 unspecified atom stereocenters. The van der Waals surface area contributed by atoms with Crippen molar-refractivity contribution in [2.75, 3.05) is 18.1 Å². The molecule has 0 aromatic heterocycles. The molecule has 1 aliphatic heterocycles. The van der Waals surface area contributed by atoms with Crippen molar-refractivity contribution in [2.24, 2.45) is 0 Å². The maximum atomic E-state index is 13.6. The number of nitrogens with zero attached hydrogens (tertiary/aromatic N) is 1. The number of carbonyl (C=O) groups is 1. The van der Waals surface area contributed by atoms with E-state index in [0.29, 0.717) is 5.75 Å². The van der Waals surface area contributed by atoms with Gasteiger partial charge in [0.05, 0.1) is 0 Å². The number of benzene rings is 1. The van der Waals surface area contributed by atoms with E-state index in [0.717, 1.165) is 16.4 Å². The zero-order chi connectivity index (χ0) is 14.0. The summed E-state index contributed by atoms with van der Waals surface area (Å²) in [5.74, 6) is -1.42. The second-order valence-corrected chi connectivity index (χ2v) is 6.98. The predicted molar refractivity (Wildman–Crippen MR) is 69.0 cm³/mol. The van der Waals surface area contributed by atoms with Crippen LogP contribution in [-0.2, 0) is 14.8 Å². The van der Waals surface area contributed by atoms with Gasteiger partial charge in [0.15, 0.2) is 0 Å². The normalized spacial score (nSPS) is 21.2. The van der Waals surface area contributed by atoms with Gasteiger partial charge in [-0.1, -0.05) is 12.1 Å². The fourth-order valence-electron chi connectivity index (χ4n) is 1.85. The molecule has 1 N–H and O–H groups in total. The van der Waals surface area contributed by atoms with Crippen LogP contribution in [-0.4, -0.2) is 47.9 Å². The van der Waals surface area contributed by atoms with Crippen LogP contribution in [0.2, 0.25) is 0 Å². The molecule has 1 aromatic rings. The summed E-state index contributed by atoms with van der Waals surface area (Å²) < 4.78 is 39.1. The first kappa shape index (κ1) is 14.3. The van der Waals surface area contributed by atoms with Crippen LogP contribution in [0.4, 0.5) is 4.39 Å². The summed E-state index contributed by atoms with van der Waals surface area (Å²) in [5, 5.41) is 9.08. The van der Waals surface area contributed by atoms with Gasteiger partial charge in [-0.05, 0) is 12.1 Å². The molecule has 0 amide bonds. The molecule has 1 aromatic carbocycles. The Balaban J connectivity index is 2.43. The molecular weight excluding hydrogens is 293 g/mol. The van der Waals surface area contributed by atoms with E-state index in [-0.39, 0.29) is 12.3 Å². The van der Waals surface area contributed by atoms with Crippen molar-refractivity contribution < 1.29 is 22.7 Å². The van der Waals surface area contributed by atoms with Crippen molar-refractivity contribution in [2.45, 2.75) is 10.9 Å². The van der Waals surface area contributed by atoms with Crippen LogP contribution in [0.5, 0.6) is 0 Å². The quantitative estimate of drug-likeness (QED) is 0.902. The highest BCUT2D eigenvalue weighted by Gasteiger charge is 2.38. The third kappa shape index (κ3) is 2.75. The largest absolute Gasteiger partial charge is 0.480 e. The van der Waals surface area contributed by atoms with Gasteiger partial charge >= 0.3 is 5.97 Å². The second-order valence-electron chi connectivity index (χ2n) is 3.98. The Kier molecular flexibility index (Phi) is 4.12. The van der Waals surface area contributed by atoms with Crippen molar-refractivity contribution in [1.82, 2.24) is 4.31 Å². The predicted octanol–water partition coefficient (Wildman–Crippen LogP) is 1.02. The van der Waals surface area contributed by atoms with Crippen molar-refractivity contribution >= 4 is 27.8 Å². The summed E-state index contributed by atoms with van der Waals surface area (Å²) in [5.41, 5.74) is 0. The standard InChI is InChI=1S/C11H12FNO4S2/c12-8-3-1-2-4-10(8)19(16,17)13-5-6-18-7-9(13)11(14)15/h1-4,9H,5-7H2,(H,14,15). The van der Waals surface area contributed by atoms with E-state index in [4.69, 9.17) is 5.11 Å². The third-order valence-electron chi connectivity index (χ3n) is 2.79. The Morgan fingerprint density at radius 1 is 1.42 bits per heavy atom. The van der Waals surface area contributed by atoms with Gasteiger partial charge in [-0.2, -0.15) is 16.1 Å². The van der Waals surface area contributed by atoms with Crippen molar-refractivity contribution in [1.29, 1.82) is 0 Å². The maximum absolute atomic E-state index is 13.6. The molecule has 1 fully saturated rings. The van der Waals surface area contributed by atoms with Gasteiger partial charge in [-0.15, -0.1) is 0 Å². The second kappa shape index (κ2) is 5.48. The molecule has 1 saturated heterocycles. The van der Waals surface area contributed by atoms with E-state index in [9.17, 15) is 17.6 Å². The first-order chi connectivity index (χ1) is 8.94. The van der Waals surface area contributed by atoms with E-state index in [1.807, 2.05) is 0 Å². The first-order valence-corrected chi connectivity index (χ1v) is 8.11. The Hall–Kier alpha value is -1.12. The highest BCUT2D eigenvalue weighted by Crippen LogP contribution is 2.26. The maximum Gasteiger partial charge on any atom is 0.322 e. The third-order valence-corrected chi connectivity index (χ3v) is 5.75. The number of aliphatic carboxylic acids is 1. The molecular formula is C11H12FNO4S2. The summed E-state index contributed by atoms with van der Waals surface area (Å²) in [6.07, 6.45) is 0. The minimum Gasteiger partial charge on any atom is -0.480 e. The van der Waals surface area contributed by atoms with Crippen molar-refractivity contribution in [3.05, 3.63) is 30.1 Å². The molecule has 19 heavy (non-hydrogen) atoms. The molecule has 104 valence electrons. The van der Waals surface area contributed by atoms with Gasteiger partial charge in [0.2, 0.25) is 10.0 Å². The number of thioether (sulfide) groups is 1. The van der Waals surface area contributed by atoms with E-state index in [1.54, 1.807) is 0 Å². The average molecular weight is 305 g/mol. The number of carboxylic acids is 1. The highest BCUT2D eigenvalue weighted by atomic mass is 32.2. The van der Waals surface area contributed by atoms with E-state index in [1.165, 1.54) is 23.9 Å². The van der Waals surface area contributed by atoms with E-state index in [2.05, 4.69) is 0 Å². The Labute approximate surface area is 114 Å². The van der Waals surface area contributed by atoms with Gasteiger partial charge in [0.1, 0.15) is 16.8 Å². The number of sulfonamides is 1. The number of hydrogen-bond acceptors (Lipinski definition) is 4. The summed E-state index contributed by atoms with van der Waals surface area (Å²) in [7, 11) is -4.12. The molecule has 2 rings (SSSR count). The Morgan fingerprint density at radius 3 is 2.74 bits per heavy atom. The minimum atomic E-state index is -4.12. The fourth-order valence-corrected chi connectivity index (χ4v) is 4.75. The molecule has 8 heteroatoms. The number of hydrogen-bond donors (Lipinski definition) is 1. The average Bonchev–Trinajstić information content (AvgIpc) is 2.39. The van der Waals surface area contributed by atoms with Crippen LogP contribution in [0.3, 0.4) is 0 Å². The smallest absolute Gasteiger partial charge is 0.322 e. The molecule has 5 nitrogen and oxygen atoms in total. The van der Waals surface area contributed by atoms with Crippen LogP contribution >= 0.6 is 11.8 Å². The van der Waals surface area contributed by atoms with Crippen molar-refractivity contribution in [3.8, 4) is 0 Å². The number of halogens is 1. The summed E-state index contributed by atoms with van der Waals surface area (Å²) in [4.78, 5) is 10.6. The number of carboxylic acid groups (broad SMARTS) is 1. The minimum absolute atomic E-state index is 0.0678. The van der Waals surface area contributed by atoms with Crippen molar-refractivity contribution in [3.63, 3.8) is 0 Å². The lowest BCUT2D eigenvalue weighted by molar-refractivity contribution is -0.140. The Bertz CT molecular complexity index is 590. The van der Waals surface area contributed by atoms with Crippen LogP contribution in [0, 0.1) is 5.82 Å². The van der Waals surface area contributed by atoms with Crippen LogP contribution in [0.1, 0.15) is 0 Å². The van der Waals surface area contributed by atoms with Crippen LogP contribution in [0.15, 0.2) is 29.2 Å². The molecule has 1 atom stereocenters. The SMILES string of the molecule is O=C(O)C1CSCCN1S(=O)(=O)c1ccccc1F. The van der Waals surface area contributed by atoms with E-state index < -0.39 is 32.7 Å².